The highest BCUT2D eigenvalue weighted by Gasteiger charge is 2.17. The van der Waals surface area contributed by atoms with E-state index in [4.69, 9.17) is 14.5 Å². The van der Waals surface area contributed by atoms with Crippen molar-refractivity contribution in [1.82, 2.24) is 19.7 Å². The third kappa shape index (κ3) is 3.90. The fourth-order valence-electron chi connectivity index (χ4n) is 3.01. The number of halogens is 1. The first kappa shape index (κ1) is 20.4. The summed E-state index contributed by atoms with van der Waals surface area (Å²) < 4.78 is 26.8. The number of benzene rings is 2. The molecule has 6 nitrogen and oxygen atoms in total. The molecule has 0 bridgehead atoms. The monoisotopic (exact) mass is 442 g/mol. The second-order valence-electron chi connectivity index (χ2n) is 6.32. The molecule has 9 heteroatoms. The summed E-state index contributed by atoms with van der Waals surface area (Å²) in [4.78, 5) is 4.73. The van der Waals surface area contributed by atoms with Crippen LogP contribution < -0.4 is 9.47 Å². The van der Waals surface area contributed by atoms with Gasteiger partial charge < -0.3 is 14.0 Å². The second kappa shape index (κ2) is 8.85. The number of methoxy groups -OCH3 is 2. The van der Waals surface area contributed by atoms with Gasteiger partial charge in [0, 0.05) is 18.2 Å². The summed E-state index contributed by atoms with van der Waals surface area (Å²) in [6.07, 6.45) is 0. The average molecular weight is 443 g/mol. The third-order valence-corrected chi connectivity index (χ3v) is 6.46. The fraction of sp³-hybridized carbons (Fsp3) is 0.190. The SMILES string of the molecule is COc1cccc(-c2nc(CSc3nnc(-c4ccccc4F)n3C)cs2)c1OC. The first-order valence-corrected chi connectivity index (χ1v) is 10.9. The highest BCUT2D eigenvalue weighted by molar-refractivity contribution is 7.98. The molecule has 0 saturated carbocycles. The summed E-state index contributed by atoms with van der Waals surface area (Å²) in [7, 11) is 5.06. The summed E-state index contributed by atoms with van der Waals surface area (Å²) in [5.41, 5.74) is 2.24. The summed E-state index contributed by atoms with van der Waals surface area (Å²) in [5.74, 6) is 2.13. The quantitative estimate of drug-likeness (QED) is 0.373. The molecule has 30 heavy (non-hydrogen) atoms. The maximum atomic E-state index is 14.1. The Hall–Kier alpha value is -2.91. The van der Waals surface area contributed by atoms with Crippen molar-refractivity contribution in [3.05, 3.63) is 59.4 Å². The van der Waals surface area contributed by atoms with E-state index in [-0.39, 0.29) is 5.82 Å². The Kier molecular flexibility index (Phi) is 6.01. The van der Waals surface area contributed by atoms with Crippen LogP contribution in [0.1, 0.15) is 5.69 Å². The largest absolute Gasteiger partial charge is 0.493 e. The average Bonchev–Trinajstić information content (AvgIpc) is 3.38. The van der Waals surface area contributed by atoms with Crippen LogP contribution in [0.5, 0.6) is 11.5 Å². The van der Waals surface area contributed by atoms with Crippen molar-refractivity contribution in [2.24, 2.45) is 7.05 Å². The third-order valence-electron chi connectivity index (χ3n) is 4.48. The molecule has 0 unspecified atom stereocenters. The van der Waals surface area contributed by atoms with E-state index in [0.29, 0.717) is 33.8 Å². The minimum absolute atomic E-state index is 0.319. The maximum absolute atomic E-state index is 14.1. The number of nitrogens with zero attached hydrogens (tertiary/aromatic N) is 4. The molecule has 0 N–H and O–H groups in total. The van der Waals surface area contributed by atoms with E-state index in [2.05, 4.69) is 10.2 Å². The van der Waals surface area contributed by atoms with Crippen LogP contribution in [0, 0.1) is 5.82 Å². The van der Waals surface area contributed by atoms with Gasteiger partial charge in [-0.15, -0.1) is 21.5 Å². The molecule has 2 aromatic carbocycles. The Bertz CT molecular complexity index is 1180. The van der Waals surface area contributed by atoms with Crippen LogP contribution >= 0.6 is 23.1 Å². The van der Waals surface area contributed by atoms with Crippen molar-refractivity contribution in [3.8, 4) is 33.5 Å². The van der Waals surface area contributed by atoms with Crippen molar-refractivity contribution in [1.29, 1.82) is 0 Å². The van der Waals surface area contributed by atoms with E-state index in [1.165, 1.54) is 17.8 Å². The molecule has 0 saturated heterocycles. The minimum Gasteiger partial charge on any atom is -0.493 e. The summed E-state index contributed by atoms with van der Waals surface area (Å²) in [6.45, 7) is 0. The number of hydrogen-bond donors (Lipinski definition) is 0. The summed E-state index contributed by atoms with van der Waals surface area (Å²) in [6, 6.07) is 12.3. The standard InChI is InChI=1S/C21H19FN4O2S2/c1-26-19(14-7-4-5-9-16(14)22)24-25-21(26)30-12-13-11-29-20(23-13)15-8-6-10-17(27-2)18(15)28-3/h4-11H,12H2,1-3H3. The van der Waals surface area contributed by atoms with Gasteiger partial charge in [-0.2, -0.15) is 0 Å². The smallest absolute Gasteiger partial charge is 0.191 e. The number of ether oxygens (including phenoxy) is 2. The molecule has 2 heterocycles. The molecular formula is C21H19FN4O2S2. The molecule has 0 radical (unpaired) electrons. The number of thioether (sulfide) groups is 1. The number of para-hydroxylation sites is 1. The van der Waals surface area contributed by atoms with E-state index in [1.807, 2.05) is 30.6 Å². The first-order chi connectivity index (χ1) is 14.6. The zero-order chi connectivity index (χ0) is 21.1. The Morgan fingerprint density at radius 2 is 1.83 bits per heavy atom. The van der Waals surface area contributed by atoms with E-state index < -0.39 is 0 Å². The molecule has 0 amide bonds. The van der Waals surface area contributed by atoms with Crippen molar-refractivity contribution in [2.75, 3.05) is 14.2 Å². The Morgan fingerprint density at radius 1 is 1.03 bits per heavy atom. The van der Waals surface area contributed by atoms with E-state index in [9.17, 15) is 4.39 Å². The Labute approximate surface area is 181 Å². The van der Waals surface area contributed by atoms with Gasteiger partial charge in [-0.1, -0.05) is 30.0 Å². The number of aromatic nitrogens is 4. The molecule has 4 aromatic rings. The molecule has 0 aliphatic heterocycles. The van der Waals surface area contributed by atoms with Gasteiger partial charge in [0.25, 0.3) is 0 Å². The van der Waals surface area contributed by atoms with Crippen LogP contribution in [0.2, 0.25) is 0 Å². The van der Waals surface area contributed by atoms with E-state index in [0.717, 1.165) is 16.3 Å². The number of thiazole rings is 1. The minimum atomic E-state index is -0.319. The van der Waals surface area contributed by atoms with Gasteiger partial charge in [-0.25, -0.2) is 9.37 Å². The molecule has 0 atom stereocenters. The lowest BCUT2D eigenvalue weighted by molar-refractivity contribution is 0.356. The van der Waals surface area contributed by atoms with Gasteiger partial charge in [0.15, 0.2) is 22.5 Å². The van der Waals surface area contributed by atoms with Crippen molar-refractivity contribution >= 4 is 23.1 Å². The predicted molar refractivity (Wildman–Crippen MR) is 117 cm³/mol. The summed E-state index contributed by atoms with van der Waals surface area (Å²) >= 11 is 3.05. The molecule has 2 aromatic heterocycles. The molecule has 0 aliphatic rings. The molecular weight excluding hydrogens is 423 g/mol. The molecule has 4 rings (SSSR count). The maximum Gasteiger partial charge on any atom is 0.191 e. The Morgan fingerprint density at radius 3 is 2.60 bits per heavy atom. The Balaban J connectivity index is 1.52. The second-order valence-corrected chi connectivity index (χ2v) is 8.12. The van der Waals surface area contributed by atoms with Crippen molar-refractivity contribution in [2.45, 2.75) is 10.9 Å². The van der Waals surface area contributed by atoms with Crippen molar-refractivity contribution < 1.29 is 13.9 Å². The first-order valence-electron chi connectivity index (χ1n) is 9.05. The topological polar surface area (TPSA) is 62.1 Å². The van der Waals surface area contributed by atoms with Gasteiger partial charge in [-0.3, -0.25) is 0 Å². The van der Waals surface area contributed by atoms with Gasteiger partial charge in [-0.05, 0) is 24.3 Å². The summed E-state index contributed by atoms with van der Waals surface area (Å²) in [5, 5.41) is 11.9. The molecule has 0 aliphatic carbocycles. The van der Waals surface area contributed by atoms with Crippen LogP contribution in [-0.4, -0.2) is 34.0 Å². The van der Waals surface area contributed by atoms with Crippen LogP contribution in [0.15, 0.2) is 53.0 Å². The van der Waals surface area contributed by atoms with Crippen LogP contribution in [0.25, 0.3) is 22.0 Å². The van der Waals surface area contributed by atoms with Gasteiger partial charge in [0.1, 0.15) is 10.8 Å². The lowest BCUT2D eigenvalue weighted by atomic mass is 10.2. The zero-order valence-corrected chi connectivity index (χ0v) is 18.3. The molecule has 0 spiro atoms. The van der Waals surface area contributed by atoms with E-state index >= 15 is 0 Å². The zero-order valence-electron chi connectivity index (χ0n) is 16.6. The molecule has 154 valence electrons. The normalized spacial score (nSPS) is 10.9. The van der Waals surface area contributed by atoms with E-state index in [1.54, 1.807) is 48.3 Å². The fourth-order valence-corrected chi connectivity index (χ4v) is 4.76. The van der Waals surface area contributed by atoms with Crippen molar-refractivity contribution in [3.63, 3.8) is 0 Å². The van der Waals surface area contributed by atoms with Crippen LogP contribution in [0.3, 0.4) is 0 Å². The van der Waals surface area contributed by atoms with Gasteiger partial charge in [0.2, 0.25) is 0 Å². The lowest BCUT2D eigenvalue weighted by Crippen LogP contribution is -1.97. The number of hydrogen-bond acceptors (Lipinski definition) is 7. The highest BCUT2D eigenvalue weighted by Crippen LogP contribution is 2.39. The lowest BCUT2D eigenvalue weighted by Gasteiger charge is -2.10. The van der Waals surface area contributed by atoms with Gasteiger partial charge >= 0.3 is 0 Å². The highest BCUT2D eigenvalue weighted by atomic mass is 32.2. The van der Waals surface area contributed by atoms with Crippen LogP contribution in [0.4, 0.5) is 4.39 Å². The van der Waals surface area contributed by atoms with Crippen LogP contribution in [-0.2, 0) is 12.8 Å². The predicted octanol–water partition coefficient (Wildman–Crippen LogP) is 5.05. The van der Waals surface area contributed by atoms with Gasteiger partial charge in [0.05, 0.1) is 31.0 Å². The molecule has 0 fully saturated rings. The number of rotatable bonds is 7.